The molecule has 1 unspecified atom stereocenters. The Morgan fingerprint density at radius 2 is 2.45 bits per heavy atom. The molecular weight excluding hydrogens is 292 g/mol. The first-order chi connectivity index (χ1) is 9.38. The summed E-state index contributed by atoms with van der Waals surface area (Å²) in [7, 11) is 2.03. The normalized spacial score (nSPS) is 19.1. The maximum Gasteiger partial charge on any atom is 0.0703 e. The van der Waals surface area contributed by atoms with Gasteiger partial charge in [-0.3, -0.25) is 10.00 Å². The lowest BCUT2D eigenvalue weighted by Gasteiger charge is -2.24. The highest BCUT2D eigenvalue weighted by molar-refractivity contribution is 7.08. The van der Waals surface area contributed by atoms with Gasteiger partial charge in [-0.25, -0.2) is 0 Å². The van der Waals surface area contributed by atoms with Crippen molar-refractivity contribution in [2.45, 2.75) is 25.4 Å². The molecule has 1 saturated heterocycles. The molecule has 1 aliphatic rings. The largest absolute Gasteiger partial charge is 0.318 e. The van der Waals surface area contributed by atoms with Crippen LogP contribution in [-0.2, 0) is 6.54 Å². The van der Waals surface area contributed by atoms with Crippen LogP contribution < -0.4 is 5.32 Å². The molecule has 0 amide bonds. The van der Waals surface area contributed by atoms with Crippen LogP contribution in [0.2, 0.25) is 0 Å². The summed E-state index contributed by atoms with van der Waals surface area (Å²) < 4.78 is 0. The van der Waals surface area contributed by atoms with Crippen LogP contribution in [0.1, 0.15) is 18.4 Å². The Balaban J connectivity index is 0.00000147. The maximum atomic E-state index is 4.23. The number of nitrogens with zero attached hydrogens (tertiary/aromatic N) is 2. The standard InChI is InChI=1S/C14H20N4S.ClH/c1-15-8-13-3-2-5-18(13)9-12-7-16-17-14(12)11-4-6-19-10-11;/h4,6-7,10,13,15H,2-3,5,8-9H2,1H3,(H,16,17);1H. The molecule has 1 aliphatic heterocycles. The van der Waals surface area contributed by atoms with E-state index in [0.717, 1.165) is 13.1 Å². The number of hydrogen-bond donors (Lipinski definition) is 2. The molecular formula is C14H21ClN4S. The van der Waals surface area contributed by atoms with Crippen molar-refractivity contribution < 1.29 is 0 Å². The predicted octanol–water partition coefficient (Wildman–Crippen LogP) is 2.74. The van der Waals surface area contributed by atoms with E-state index < -0.39 is 0 Å². The quantitative estimate of drug-likeness (QED) is 0.892. The minimum atomic E-state index is 0. The molecule has 4 nitrogen and oxygen atoms in total. The van der Waals surface area contributed by atoms with Crippen molar-refractivity contribution in [3.05, 3.63) is 28.6 Å². The molecule has 2 aromatic heterocycles. The van der Waals surface area contributed by atoms with Gasteiger partial charge in [0.1, 0.15) is 0 Å². The predicted molar refractivity (Wildman–Crippen MR) is 86.5 cm³/mol. The lowest BCUT2D eigenvalue weighted by Crippen LogP contribution is -2.36. The summed E-state index contributed by atoms with van der Waals surface area (Å²) >= 11 is 1.73. The molecule has 0 spiro atoms. The van der Waals surface area contributed by atoms with Gasteiger partial charge in [-0.05, 0) is 37.9 Å². The number of thiophene rings is 1. The molecule has 1 fully saturated rings. The summed E-state index contributed by atoms with van der Waals surface area (Å²) in [6, 6.07) is 2.81. The number of nitrogens with one attached hydrogen (secondary N) is 2. The third-order valence-corrected chi connectivity index (χ3v) is 4.52. The Hall–Kier alpha value is -0.880. The summed E-state index contributed by atoms with van der Waals surface area (Å²) in [4.78, 5) is 2.57. The molecule has 1 atom stereocenters. The molecule has 20 heavy (non-hydrogen) atoms. The molecule has 3 heterocycles. The minimum absolute atomic E-state index is 0. The molecule has 2 aromatic rings. The Morgan fingerprint density at radius 1 is 1.55 bits per heavy atom. The van der Waals surface area contributed by atoms with Crippen molar-refractivity contribution in [3.8, 4) is 11.3 Å². The Labute approximate surface area is 130 Å². The Kier molecular flexibility index (Phi) is 5.60. The number of likely N-dealkylation sites (N-methyl/N-ethyl adjacent to an activating group) is 1. The fraction of sp³-hybridized carbons (Fsp3) is 0.500. The number of halogens is 1. The molecule has 110 valence electrons. The van der Waals surface area contributed by atoms with Crippen molar-refractivity contribution in [2.75, 3.05) is 20.1 Å². The average molecular weight is 313 g/mol. The summed E-state index contributed by atoms with van der Waals surface area (Å²) in [5.41, 5.74) is 3.74. The average Bonchev–Trinajstić information content (AvgIpc) is 3.12. The lowest BCUT2D eigenvalue weighted by atomic mass is 10.1. The van der Waals surface area contributed by atoms with Crippen LogP contribution in [0.3, 0.4) is 0 Å². The Bertz CT molecular complexity index is 511. The maximum absolute atomic E-state index is 4.23. The van der Waals surface area contributed by atoms with Gasteiger partial charge in [-0.15, -0.1) is 12.4 Å². The first-order valence-corrected chi connectivity index (χ1v) is 7.76. The number of H-pyrrole nitrogens is 1. The first kappa shape index (κ1) is 15.5. The van der Waals surface area contributed by atoms with Gasteiger partial charge in [0.2, 0.25) is 0 Å². The summed E-state index contributed by atoms with van der Waals surface area (Å²) in [6.07, 6.45) is 4.58. The summed E-state index contributed by atoms with van der Waals surface area (Å²) in [5, 5.41) is 15.0. The number of rotatable bonds is 5. The highest BCUT2D eigenvalue weighted by atomic mass is 35.5. The lowest BCUT2D eigenvalue weighted by molar-refractivity contribution is 0.242. The van der Waals surface area contributed by atoms with Gasteiger partial charge in [0.15, 0.2) is 0 Å². The zero-order valence-corrected chi connectivity index (χ0v) is 13.3. The van der Waals surface area contributed by atoms with Crippen LogP contribution in [0.4, 0.5) is 0 Å². The number of aromatic amines is 1. The van der Waals surface area contributed by atoms with E-state index in [1.807, 2.05) is 13.2 Å². The molecule has 3 rings (SSSR count). The van der Waals surface area contributed by atoms with E-state index in [4.69, 9.17) is 0 Å². The topological polar surface area (TPSA) is 44.0 Å². The third-order valence-electron chi connectivity index (χ3n) is 3.84. The van der Waals surface area contributed by atoms with E-state index in [1.165, 1.54) is 36.2 Å². The van der Waals surface area contributed by atoms with Gasteiger partial charge in [-0.2, -0.15) is 16.4 Å². The molecule has 0 radical (unpaired) electrons. The van der Waals surface area contributed by atoms with Gasteiger partial charge in [0, 0.05) is 35.6 Å². The highest BCUT2D eigenvalue weighted by Crippen LogP contribution is 2.27. The van der Waals surface area contributed by atoms with Gasteiger partial charge in [0.05, 0.1) is 11.9 Å². The fourth-order valence-electron chi connectivity index (χ4n) is 2.88. The molecule has 6 heteroatoms. The van der Waals surface area contributed by atoms with Crippen molar-refractivity contribution in [2.24, 2.45) is 0 Å². The van der Waals surface area contributed by atoms with E-state index in [1.54, 1.807) is 11.3 Å². The minimum Gasteiger partial charge on any atom is -0.318 e. The Morgan fingerprint density at radius 3 is 3.20 bits per heavy atom. The number of hydrogen-bond acceptors (Lipinski definition) is 4. The SMILES string of the molecule is CNCC1CCCN1Cc1cn[nH]c1-c1ccsc1.Cl. The zero-order valence-electron chi connectivity index (χ0n) is 11.6. The molecule has 0 saturated carbocycles. The van der Waals surface area contributed by atoms with Crippen molar-refractivity contribution in [1.82, 2.24) is 20.4 Å². The van der Waals surface area contributed by atoms with Gasteiger partial charge in [0.25, 0.3) is 0 Å². The van der Waals surface area contributed by atoms with Gasteiger partial charge in [-0.1, -0.05) is 0 Å². The van der Waals surface area contributed by atoms with E-state index in [2.05, 4.69) is 37.2 Å². The van der Waals surface area contributed by atoms with Crippen LogP contribution in [0.5, 0.6) is 0 Å². The van der Waals surface area contributed by atoms with Gasteiger partial charge >= 0.3 is 0 Å². The second-order valence-electron chi connectivity index (χ2n) is 5.11. The molecule has 2 N–H and O–H groups in total. The summed E-state index contributed by atoms with van der Waals surface area (Å²) in [5.74, 6) is 0. The monoisotopic (exact) mass is 312 g/mol. The smallest absolute Gasteiger partial charge is 0.0703 e. The van der Waals surface area contributed by atoms with Crippen LogP contribution in [0.15, 0.2) is 23.0 Å². The third kappa shape index (κ3) is 3.23. The summed E-state index contributed by atoms with van der Waals surface area (Å²) in [6.45, 7) is 3.26. The van der Waals surface area contributed by atoms with Crippen molar-refractivity contribution in [3.63, 3.8) is 0 Å². The van der Waals surface area contributed by atoms with Crippen molar-refractivity contribution >= 4 is 23.7 Å². The molecule has 0 aliphatic carbocycles. The highest BCUT2D eigenvalue weighted by Gasteiger charge is 2.24. The van der Waals surface area contributed by atoms with E-state index in [9.17, 15) is 0 Å². The van der Waals surface area contributed by atoms with Crippen LogP contribution in [0, 0.1) is 0 Å². The molecule has 0 aromatic carbocycles. The van der Waals surface area contributed by atoms with E-state index in [0.29, 0.717) is 6.04 Å². The number of likely N-dealkylation sites (tertiary alicyclic amines) is 1. The van der Waals surface area contributed by atoms with Crippen molar-refractivity contribution in [1.29, 1.82) is 0 Å². The van der Waals surface area contributed by atoms with Gasteiger partial charge < -0.3 is 5.32 Å². The zero-order chi connectivity index (χ0) is 13.1. The van der Waals surface area contributed by atoms with Crippen LogP contribution >= 0.6 is 23.7 Å². The first-order valence-electron chi connectivity index (χ1n) is 6.82. The van der Waals surface area contributed by atoms with Crippen LogP contribution in [-0.4, -0.2) is 41.3 Å². The van der Waals surface area contributed by atoms with Crippen LogP contribution in [0.25, 0.3) is 11.3 Å². The number of aromatic nitrogens is 2. The fourth-order valence-corrected chi connectivity index (χ4v) is 3.52. The second kappa shape index (κ2) is 7.22. The molecule has 0 bridgehead atoms. The van der Waals surface area contributed by atoms with E-state index >= 15 is 0 Å². The second-order valence-corrected chi connectivity index (χ2v) is 5.89. The van der Waals surface area contributed by atoms with E-state index in [-0.39, 0.29) is 12.4 Å².